The number of aromatic nitrogens is 4. The smallest absolute Gasteiger partial charge is 0.257 e. The molecule has 2 N–H and O–H groups in total. The molecule has 0 unspecified atom stereocenters. The van der Waals surface area contributed by atoms with Gasteiger partial charge in [-0.2, -0.15) is 0 Å². The Morgan fingerprint density at radius 1 is 1.00 bits per heavy atom. The number of carbonyl (C=O) groups excluding carboxylic acids is 2. The van der Waals surface area contributed by atoms with Crippen molar-refractivity contribution < 1.29 is 9.59 Å². The van der Waals surface area contributed by atoms with Gasteiger partial charge in [0.25, 0.3) is 5.91 Å². The number of anilines is 2. The van der Waals surface area contributed by atoms with E-state index in [4.69, 9.17) is 0 Å². The SMILES string of the molecule is Cc1cccc(NC(=O)c2ccccc2NC(=O)CSc2nnc(-c3ccncc3)n2C2CC2)c1. The van der Waals surface area contributed by atoms with Crippen molar-refractivity contribution in [3.05, 3.63) is 84.2 Å². The third kappa shape index (κ3) is 5.41. The standard InChI is InChI=1S/C26H24N6O2S/c1-17-5-4-6-19(15-17)28-25(34)21-7-2-3-8-22(21)29-23(33)16-35-26-31-30-24(32(26)20-9-10-20)18-11-13-27-14-12-18/h2-8,11-15,20H,9-10,16H2,1H3,(H,28,34)(H,29,33). The molecule has 176 valence electrons. The van der Waals surface area contributed by atoms with Crippen LogP contribution in [0.5, 0.6) is 0 Å². The largest absolute Gasteiger partial charge is 0.325 e. The Balaban J connectivity index is 1.26. The summed E-state index contributed by atoms with van der Waals surface area (Å²) in [5, 5.41) is 15.2. The Kier molecular flexibility index (Phi) is 6.58. The normalized spacial score (nSPS) is 12.8. The molecule has 2 heterocycles. The summed E-state index contributed by atoms with van der Waals surface area (Å²) in [4.78, 5) is 29.8. The summed E-state index contributed by atoms with van der Waals surface area (Å²) in [6.07, 6.45) is 5.60. The van der Waals surface area contributed by atoms with Crippen LogP contribution < -0.4 is 10.6 Å². The number of para-hydroxylation sites is 1. The van der Waals surface area contributed by atoms with Crippen molar-refractivity contribution in [3.8, 4) is 11.4 Å². The summed E-state index contributed by atoms with van der Waals surface area (Å²) < 4.78 is 2.11. The van der Waals surface area contributed by atoms with Crippen LogP contribution in [0.2, 0.25) is 0 Å². The van der Waals surface area contributed by atoms with E-state index >= 15 is 0 Å². The molecule has 1 fully saturated rings. The fourth-order valence-electron chi connectivity index (χ4n) is 3.76. The van der Waals surface area contributed by atoms with Crippen LogP contribution in [-0.4, -0.2) is 37.3 Å². The van der Waals surface area contributed by atoms with Crippen LogP contribution in [0.3, 0.4) is 0 Å². The number of benzene rings is 2. The van der Waals surface area contributed by atoms with Gasteiger partial charge >= 0.3 is 0 Å². The lowest BCUT2D eigenvalue weighted by molar-refractivity contribution is -0.113. The zero-order valence-electron chi connectivity index (χ0n) is 19.1. The number of nitrogens with one attached hydrogen (secondary N) is 2. The number of rotatable bonds is 8. The van der Waals surface area contributed by atoms with Crippen molar-refractivity contribution in [1.29, 1.82) is 0 Å². The average Bonchev–Trinajstić information content (AvgIpc) is 3.62. The number of thioether (sulfide) groups is 1. The number of pyridine rings is 1. The highest BCUT2D eigenvalue weighted by molar-refractivity contribution is 7.99. The van der Waals surface area contributed by atoms with Crippen molar-refractivity contribution in [2.75, 3.05) is 16.4 Å². The molecule has 5 rings (SSSR count). The molecule has 9 heteroatoms. The third-order valence-corrected chi connectivity index (χ3v) is 6.51. The van der Waals surface area contributed by atoms with Gasteiger partial charge in [0, 0.05) is 29.7 Å². The molecule has 0 saturated heterocycles. The maximum Gasteiger partial charge on any atom is 0.257 e. The van der Waals surface area contributed by atoms with Gasteiger partial charge in [-0.05, 0) is 61.7 Å². The third-order valence-electron chi connectivity index (χ3n) is 5.57. The molecule has 1 saturated carbocycles. The van der Waals surface area contributed by atoms with E-state index in [0.29, 0.717) is 28.1 Å². The minimum absolute atomic E-state index is 0.148. The fourth-order valence-corrected chi connectivity index (χ4v) is 4.57. The highest BCUT2D eigenvalue weighted by atomic mass is 32.2. The predicted molar refractivity (Wildman–Crippen MR) is 136 cm³/mol. The number of carbonyl (C=O) groups is 2. The molecule has 2 amide bonds. The van der Waals surface area contributed by atoms with Gasteiger partial charge < -0.3 is 10.6 Å². The maximum absolute atomic E-state index is 12.9. The van der Waals surface area contributed by atoms with E-state index in [1.54, 1.807) is 36.7 Å². The number of amides is 2. The van der Waals surface area contributed by atoms with E-state index < -0.39 is 0 Å². The van der Waals surface area contributed by atoms with E-state index in [0.717, 1.165) is 29.8 Å². The van der Waals surface area contributed by atoms with Crippen LogP contribution in [0.4, 0.5) is 11.4 Å². The van der Waals surface area contributed by atoms with Crippen LogP contribution in [0.1, 0.15) is 34.8 Å². The zero-order valence-corrected chi connectivity index (χ0v) is 20.0. The van der Waals surface area contributed by atoms with Gasteiger partial charge in [-0.15, -0.1) is 10.2 Å². The Bertz CT molecular complexity index is 1370. The molecule has 2 aromatic heterocycles. The van der Waals surface area contributed by atoms with Gasteiger partial charge in [0.15, 0.2) is 11.0 Å². The first-order chi connectivity index (χ1) is 17.1. The minimum Gasteiger partial charge on any atom is -0.325 e. The van der Waals surface area contributed by atoms with Crippen molar-refractivity contribution in [2.24, 2.45) is 0 Å². The molecular weight excluding hydrogens is 460 g/mol. The van der Waals surface area contributed by atoms with Gasteiger partial charge in [0.2, 0.25) is 5.91 Å². The second kappa shape index (κ2) is 10.1. The summed E-state index contributed by atoms with van der Waals surface area (Å²) in [6, 6.07) is 18.7. The van der Waals surface area contributed by atoms with Crippen LogP contribution in [0.15, 0.2) is 78.2 Å². The first-order valence-electron chi connectivity index (χ1n) is 11.3. The average molecular weight is 485 g/mol. The number of hydrogen-bond acceptors (Lipinski definition) is 6. The van der Waals surface area contributed by atoms with E-state index in [1.807, 2.05) is 43.3 Å². The highest BCUT2D eigenvalue weighted by Crippen LogP contribution is 2.41. The van der Waals surface area contributed by atoms with Crippen molar-refractivity contribution >= 4 is 35.0 Å². The van der Waals surface area contributed by atoms with E-state index in [2.05, 4.69) is 30.4 Å². The molecule has 0 atom stereocenters. The summed E-state index contributed by atoms with van der Waals surface area (Å²) in [6.45, 7) is 1.96. The molecule has 2 aromatic carbocycles. The molecule has 35 heavy (non-hydrogen) atoms. The molecule has 0 bridgehead atoms. The lowest BCUT2D eigenvalue weighted by Crippen LogP contribution is -2.19. The van der Waals surface area contributed by atoms with Gasteiger partial charge in [-0.1, -0.05) is 36.0 Å². The molecule has 8 nitrogen and oxygen atoms in total. The number of hydrogen-bond donors (Lipinski definition) is 2. The lowest BCUT2D eigenvalue weighted by atomic mass is 10.1. The Hall–Kier alpha value is -3.98. The predicted octanol–water partition coefficient (Wildman–Crippen LogP) is 4.97. The van der Waals surface area contributed by atoms with Crippen molar-refractivity contribution in [2.45, 2.75) is 31.0 Å². The van der Waals surface area contributed by atoms with Gasteiger partial charge in [0.05, 0.1) is 17.0 Å². The summed E-state index contributed by atoms with van der Waals surface area (Å²) in [5.74, 6) is 0.432. The minimum atomic E-state index is -0.283. The topological polar surface area (TPSA) is 102 Å². The Morgan fingerprint density at radius 3 is 2.57 bits per heavy atom. The first-order valence-corrected chi connectivity index (χ1v) is 12.3. The summed E-state index contributed by atoms with van der Waals surface area (Å²) in [5.41, 5.74) is 3.56. The number of nitrogens with zero attached hydrogens (tertiary/aromatic N) is 4. The molecule has 4 aromatic rings. The lowest BCUT2D eigenvalue weighted by Gasteiger charge is -2.12. The van der Waals surface area contributed by atoms with Gasteiger partial charge in [-0.3, -0.25) is 19.1 Å². The van der Waals surface area contributed by atoms with Gasteiger partial charge in [-0.25, -0.2) is 0 Å². The Labute approximate surface area is 207 Å². The van der Waals surface area contributed by atoms with E-state index in [1.165, 1.54) is 11.8 Å². The molecule has 0 spiro atoms. The number of aryl methyl sites for hydroxylation is 1. The first kappa shape index (κ1) is 22.8. The fraction of sp³-hybridized carbons (Fsp3) is 0.192. The van der Waals surface area contributed by atoms with Crippen LogP contribution in [-0.2, 0) is 4.79 Å². The maximum atomic E-state index is 12.9. The van der Waals surface area contributed by atoms with Gasteiger partial charge in [0.1, 0.15) is 0 Å². The quantitative estimate of drug-likeness (QED) is 0.343. The van der Waals surface area contributed by atoms with Crippen molar-refractivity contribution in [3.63, 3.8) is 0 Å². The molecule has 1 aliphatic carbocycles. The second-order valence-corrected chi connectivity index (χ2v) is 9.29. The van der Waals surface area contributed by atoms with Crippen LogP contribution in [0.25, 0.3) is 11.4 Å². The van der Waals surface area contributed by atoms with Crippen LogP contribution in [0, 0.1) is 6.92 Å². The molecule has 1 aliphatic rings. The van der Waals surface area contributed by atoms with Crippen molar-refractivity contribution in [1.82, 2.24) is 19.7 Å². The molecule has 0 radical (unpaired) electrons. The van der Waals surface area contributed by atoms with Crippen LogP contribution >= 0.6 is 11.8 Å². The summed E-state index contributed by atoms with van der Waals surface area (Å²) >= 11 is 1.34. The van der Waals surface area contributed by atoms with E-state index in [9.17, 15) is 9.59 Å². The van der Waals surface area contributed by atoms with E-state index in [-0.39, 0.29) is 17.6 Å². The molecule has 0 aliphatic heterocycles. The highest BCUT2D eigenvalue weighted by Gasteiger charge is 2.30. The zero-order chi connectivity index (χ0) is 24.2. The summed E-state index contributed by atoms with van der Waals surface area (Å²) in [7, 11) is 0. The second-order valence-electron chi connectivity index (χ2n) is 8.35. The Morgan fingerprint density at radius 2 is 1.80 bits per heavy atom. The monoisotopic (exact) mass is 484 g/mol. The molecular formula is C26H24N6O2S.